The van der Waals surface area contributed by atoms with Crippen molar-refractivity contribution >= 4 is 17.6 Å². The first-order valence-electron chi connectivity index (χ1n) is 9.21. The van der Waals surface area contributed by atoms with Crippen molar-refractivity contribution in [3.05, 3.63) is 12.4 Å². The van der Waals surface area contributed by atoms with Gasteiger partial charge in [0, 0.05) is 38.3 Å². The number of rotatable bonds is 6. The van der Waals surface area contributed by atoms with E-state index >= 15 is 0 Å². The maximum Gasteiger partial charge on any atom is 0.319 e. The molecule has 1 aromatic heterocycles. The fourth-order valence-electron chi connectivity index (χ4n) is 3.01. The summed E-state index contributed by atoms with van der Waals surface area (Å²) in [6.45, 7) is 10.6. The van der Waals surface area contributed by atoms with Crippen LogP contribution in [0, 0.1) is 11.8 Å². The van der Waals surface area contributed by atoms with Crippen LogP contribution in [0.2, 0.25) is 0 Å². The molecule has 25 heavy (non-hydrogen) atoms. The lowest BCUT2D eigenvalue weighted by Crippen LogP contribution is -2.47. The molecule has 3 amide bonds. The zero-order chi connectivity index (χ0) is 18.4. The van der Waals surface area contributed by atoms with Crippen LogP contribution in [0.1, 0.15) is 47.0 Å². The van der Waals surface area contributed by atoms with Crippen LogP contribution in [0.5, 0.6) is 0 Å². The van der Waals surface area contributed by atoms with Gasteiger partial charge in [-0.2, -0.15) is 5.10 Å². The molecule has 0 aliphatic carbocycles. The second-order valence-electron chi connectivity index (χ2n) is 7.70. The summed E-state index contributed by atoms with van der Waals surface area (Å²) in [5.41, 5.74) is 0.697. The number of carbonyl (C=O) groups is 2. The molecule has 0 radical (unpaired) electrons. The van der Waals surface area contributed by atoms with Crippen LogP contribution >= 0.6 is 0 Å². The summed E-state index contributed by atoms with van der Waals surface area (Å²) in [5.74, 6) is 1.10. The Morgan fingerprint density at radius 3 is 2.48 bits per heavy atom. The van der Waals surface area contributed by atoms with E-state index in [2.05, 4.69) is 43.4 Å². The molecular formula is C18H31N5O2. The number of hydrogen-bond acceptors (Lipinski definition) is 3. The molecule has 2 rings (SSSR count). The van der Waals surface area contributed by atoms with E-state index in [1.165, 1.54) is 0 Å². The number of urea groups is 1. The summed E-state index contributed by atoms with van der Waals surface area (Å²) >= 11 is 0. The third-order valence-electron chi connectivity index (χ3n) is 4.21. The zero-order valence-corrected chi connectivity index (χ0v) is 15.8. The topological polar surface area (TPSA) is 79.3 Å². The minimum absolute atomic E-state index is 0.105. The van der Waals surface area contributed by atoms with Crippen molar-refractivity contribution in [2.75, 3.05) is 18.4 Å². The van der Waals surface area contributed by atoms with Gasteiger partial charge >= 0.3 is 6.03 Å². The number of amides is 3. The Kier molecular flexibility index (Phi) is 6.84. The van der Waals surface area contributed by atoms with E-state index in [9.17, 15) is 9.59 Å². The number of piperidine rings is 1. The molecule has 0 saturated carbocycles. The van der Waals surface area contributed by atoms with Gasteiger partial charge in [0.1, 0.15) is 0 Å². The molecule has 140 valence electrons. The van der Waals surface area contributed by atoms with Crippen molar-refractivity contribution in [3.8, 4) is 0 Å². The van der Waals surface area contributed by atoms with E-state index in [0.717, 1.165) is 19.4 Å². The van der Waals surface area contributed by atoms with Gasteiger partial charge in [0.2, 0.25) is 5.91 Å². The Labute approximate surface area is 150 Å². The molecule has 0 spiro atoms. The molecule has 1 aromatic rings. The summed E-state index contributed by atoms with van der Waals surface area (Å²) < 4.78 is 1.83. The van der Waals surface area contributed by atoms with Crippen LogP contribution in [0.25, 0.3) is 0 Å². The van der Waals surface area contributed by atoms with Crippen LogP contribution in [0.4, 0.5) is 10.5 Å². The highest BCUT2D eigenvalue weighted by Gasteiger charge is 2.24. The van der Waals surface area contributed by atoms with E-state index in [1.807, 2.05) is 15.8 Å². The quantitative estimate of drug-likeness (QED) is 0.829. The van der Waals surface area contributed by atoms with Crippen molar-refractivity contribution in [1.82, 2.24) is 20.0 Å². The summed E-state index contributed by atoms with van der Waals surface area (Å²) in [4.78, 5) is 26.1. The van der Waals surface area contributed by atoms with Gasteiger partial charge in [-0.05, 0) is 24.7 Å². The highest BCUT2D eigenvalue weighted by molar-refractivity contribution is 5.89. The molecule has 0 bridgehead atoms. The smallest absolute Gasteiger partial charge is 0.319 e. The number of hydrogen-bond donors (Lipinski definition) is 2. The lowest BCUT2D eigenvalue weighted by atomic mass is 10.0. The van der Waals surface area contributed by atoms with E-state index in [4.69, 9.17) is 0 Å². The minimum atomic E-state index is -0.212. The number of anilines is 1. The average Bonchev–Trinajstić information content (AvgIpc) is 2.93. The van der Waals surface area contributed by atoms with Gasteiger partial charge in [0.05, 0.1) is 11.9 Å². The molecular weight excluding hydrogens is 318 g/mol. The molecule has 1 aliphatic heterocycles. The Morgan fingerprint density at radius 1 is 1.20 bits per heavy atom. The lowest BCUT2D eigenvalue weighted by Gasteiger charge is -2.32. The number of nitrogens with zero attached hydrogens (tertiary/aromatic N) is 3. The maximum absolute atomic E-state index is 12.1. The molecule has 2 heterocycles. The van der Waals surface area contributed by atoms with E-state index in [-0.39, 0.29) is 18.0 Å². The monoisotopic (exact) mass is 349 g/mol. The van der Waals surface area contributed by atoms with Crippen LogP contribution in [-0.4, -0.2) is 45.8 Å². The van der Waals surface area contributed by atoms with Crippen LogP contribution < -0.4 is 10.6 Å². The summed E-state index contributed by atoms with van der Waals surface area (Å²) in [5, 5.41) is 10.1. The van der Waals surface area contributed by atoms with Gasteiger partial charge in [-0.25, -0.2) is 4.79 Å². The highest BCUT2D eigenvalue weighted by atomic mass is 16.2. The predicted octanol–water partition coefficient (Wildman–Crippen LogP) is 2.70. The fourth-order valence-corrected chi connectivity index (χ4v) is 3.01. The first-order valence-corrected chi connectivity index (χ1v) is 9.21. The van der Waals surface area contributed by atoms with Crippen LogP contribution in [0.15, 0.2) is 12.4 Å². The summed E-state index contributed by atoms with van der Waals surface area (Å²) in [6.07, 6.45) is 5.69. The Morgan fingerprint density at radius 2 is 1.88 bits per heavy atom. The SMILES string of the molecule is CC(C)CC(=O)N1CCC(NC(=O)Nc2cnn(CC(C)C)c2)CC1. The van der Waals surface area contributed by atoms with E-state index in [0.29, 0.717) is 37.0 Å². The van der Waals surface area contributed by atoms with Gasteiger partial charge in [-0.15, -0.1) is 0 Å². The normalized spacial score (nSPS) is 15.7. The summed E-state index contributed by atoms with van der Waals surface area (Å²) in [7, 11) is 0. The van der Waals surface area contributed by atoms with Crippen LogP contribution in [-0.2, 0) is 11.3 Å². The van der Waals surface area contributed by atoms with Crippen molar-refractivity contribution in [1.29, 1.82) is 0 Å². The number of nitrogens with one attached hydrogen (secondary N) is 2. The summed E-state index contributed by atoms with van der Waals surface area (Å²) in [6, 6.07) is -0.107. The maximum atomic E-state index is 12.1. The second-order valence-corrected chi connectivity index (χ2v) is 7.70. The minimum Gasteiger partial charge on any atom is -0.343 e. The van der Waals surface area contributed by atoms with Crippen molar-refractivity contribution in [3.63, 3.8) is 0 Å². The molecule has 7 nitrogen and oxygen atoms in total. The lowest BCUT2D eigenvalue weighted by molar-refractivity contribution is -0.133. The third-order valence-corrected chi connectivity index (χ3v) is 4.21. The number of likely N-dealkylation sites (tertiary alicyclic amines) is 1. The van der Waals surface area contributed by atoms with Gasteiger partial charge in [0.15, 0.2) is 0 Å². The van der Waals surface area contributed by atoms with Gasteiger partial charge in [0.25, 0.3) is 0 Å². The standard InChI is InChI=1S/C18H31N5O2/c1-13(2)9-17(24)22-7-5-15(6-8-22)20-18(25)21-16-10-19-23(12-16)11-14(3)4/h10,12-15H,5-9,11H2,1-4H3,(H2,20,21,25). The van der Waals surface area contributed by atoms with Gasteiger partial charge in [-0.3, -0.25) is 9.48 Å². The molecule has 0 atom stereocenters. The number of aromatic nitrogens is 2. The van der Waals surface area contributed by atoms with Crippen molar-refractivity contribution in [2.24, 2.45) is 11.8 Å². The molecule has 1 saturated heterocycles. The third kappa shape index (κ3) is 6.40. The van der Waals surface area contributed by atoms with E-state index in [1.54, 1.807) is 6.20 Å². The second kappa shape index (κ2) is 8.87. The molecule has 2 N–H and O–H groups in total. The zero-order valence-electron chi connectivity index (χ0n) is 15.8. The molecule has 1 aliphatic rings. The Balaban J connectivity index is 1.73. The van der Waals surface area contributed by atoms with Gasteiger partial charge < -0.3 is 15.5 Å². The van der Waals surface area contributed by atoms with Crippen molar-refractivity contribution in [2.45, 2.75) is 59.5 Å². The van der Waals surface area contributed by atoms with Crippen molar-refractivity contribution < 1.29 is 9.59 Å². The Bertz CT molecular complexity index is 574. The van der Waals surface area contributed by atoms with E-state index < -0.39 is 0 Å². The predicted molar refractivity (Wildman–Crippen MR) is 98.3 cm³/mol. The Hall–Kier alpha value is -2.05. The average molecular weight is 349 g/mol. The fraction of sp³-hybridized carbons (Fsp3) is 0.722. The van der Waals surface area contributed by atoms with Gasteiger partial charge in [-0.1, -0.05) is 27.7 Å². The highest BCUT2D eigenvalue weighted by Crippen LogP contribution is 2.14. The number of carbonyl (C=O) groups excluding carboxylic acids is 2. The molecule has 0 aromatic carbocycles. The molecule has 7 heteroatoms. The first-order chi connectivity index (χ1) is 11.8. The largest absolute Gasteiger partial charge is 0.343 e. The molecule has 1 fully saturated rings. The van der Waals surface area contributed by atoms with Crippen LogP contribution in [0.3, 0.4) is 0 Å². The first kappa shape index (κ1) is 19.3. The molecule has 0 unspecified atom stereocenters.